The lowest BCUT2D eigenvalue weighted by molar-refractivity contribution is -0.136. The van der Waals surface area contributed by atoms with Crippen LogP contribution in [0.1, 0.15) is 33.3 Å². The van der Waals surface area contributed by atoms with Crippen LogP contribution in [-0.4, -0.2) is 42.5 Å². The predicted octanol–water partition coefficient (Wildman–Crippen LogP) is 2.11. The number of rotatable bonds is 6. The van der Waals surface area contributed by atoms with Crippen molar-refractivity contribution in [1.29, 1.82) is 0 Å². The van der Waals surface area contributed by atoms with E-state index in [1.165, 1.54) is 11.0 Å². The number of amides is 2. The predicted molar refractivity (Wildman–Crippen MR) is 103 cm³/mol. The van der Waals surface area contributed by atoms with Crippen molar-refractivity contribution >= 4 is 22.8 Å². The van der Waals surface area contributed by atoms with Crippen LogP contribution < -0.4 is 15.7 Å². The van der Waals surface area contributed by atoms with E-state index in [-0.39, 0.29) is 30.5 Å². The summed E-state index contributed by atoms with van der Waals surface area (Å²) in [6.07, 6.45) is 0.711. The molecule has 0 saturated carbocycles. The van der Waals surface area contributed by atoms with E-state index in [0.717, 1.165) is 10.9 Å². The zero-order valence-electron chi connectivity index (χ0n) is 16.4. The Kier molecular flexibility index (Phi) is 6.25. The van der Waals surface area contributed by atoms with Crippen molar-refractivity contribution in [3.05, 3.63) is 40.2 Å². The summed E-state index contributed by atoms with van der Waals surface area (Å²) < 4.78 is 10.7. The number of nitrogens with zero attached hydrogens (tertiary/aromatic N) is 1. The van der Waals surface area contributed by atoms with Crippen LogP contribution in [0.2, 0.25) is 0 Å². The van der Waals surface area contributed by atoms with Crippen LogP contribution in [0, 0.1) is 0 Å². The van der Waals surface area contributed by atoms with Crippen molar-refractivity contribution in [2.24, 2.45) is 0 Å². The molecule has 2 rings (SSSR count). The minimum atomic E-state index is -0.419. The van der Waals surface area contributed by atoms with Gasteiger partial charge in [-0.25, -0.2) is 4.79 Å². The first-order valence-corrected chi connectivity index (χ1v) is 8.83. The monoisotopic (exact) mass is 374 g/mol. The van der Waals surface area contributed by atoms with Gasteiger partial charge in [0, 0.05) is 30.1 Å². The highest BCUT2D eigenvalue weighted by atomic mass is 16.5. The molecule has 0 bridgehead atoms. The first-order valence-electron chi connectivity index (χ1n) is 8.83. The molecular formula is C20H26N2O5. The molecule has 0 radical (unpaired) electrons. The molecular weight excluding hydrogens is 348 g/mol. The van der Waals surface area contributed by atoms with Gasteiger partial charge in [-0.05, 0) is 44.9 Å². The minimum absolute atomic E-state index is 0.0497. The van der Waals surface area contributed by atoms with Crippen molar-refractivity contribution in [1.82, 2.24) is 10.2 Å². The molecule has 7 heteroatoms. The number of benzene rings is 1. The molecule has 2 amide bonds. The van der Waals surface area contributed by atoms with Gasteiger partial charge in [-0.1, -0.05) is 6.92 Å². The first-order chi connectivity index (χ1) is 12.6. The summed E-state index contributed by atoms with van der Waals surface area (Å²) in [5.74, 6) is -0.152. The molecule has 1 aromatic heterocycles. The molecule has 0 aliphatic heterocycles. The van der Waals surface area contributed by atoms with Gasteiger partial charge in [0.2, 0.25) is 5.91 Å². The average Bonchev–Trinajstić information content (AvgIpc) is 2.56. The fourth-order valence-corrected chi connectivity index (χ4v) is 2.61. The molecule has 0 unspecified atom stereocenters. The number of hydrogen-bond donors (Lipinski definition) is 1. The van der Waals surface area contributed by atoms with Crippen LogP contribution in [0.3, 0.4) is 0 Å². The first kappa shape index (κ1) is 20.5. The number of fused-ring (bicyclic) bond motifs is 1. The van der Waals surface area contributed by atoms with E-state index in [1.807, 2.05) is 27.7 Å². The van der Waals surface area contributed by atoms with Gasteiger partial charge >= 0.3 is 5.63 Å². The Morgan fingerprint density at radius 1 is 1.22 bits per heavy atom. The number of carbonyl (C=O) groups is 2. The lowest BCUT2D eigenvalue weighted by Gasteiger charge is -2.23. The van der Waals surface area contributed by atoms with Crippen LogP contribution in [0.25, 0.3) is 11.0 Å². The second-order valence-corrected chi connectivity index (χ2v) is 7.44. The summed E-state index contributed by atoms with van der Waals surface area (Å²) in [6.45, 7) is 7.31. The lowest BCUT2D eigenvalue weighted by atomic mass is 10.1. The van der Waals surface area contributed by atoms with E-state index < -0.39 is 5.63 Å². The smallest absolute Gasteiger partial charge is 0.336 e. The van der Waals surface area contributed by atoms with Crippen LogP contribution in [0.4, 0.5) is 0 Å². The Morgan fingerprint density at radius 3 is 2.56 bits per heavy atom. The van der Waals surface area contributed by atoms with Gasteiger partial charge in [0.1, 0.15) is 11.3 Å². The number of ether oxygens (including phenoxy) is 1. The number of carbonyl (C=O) groups excluding carboxylic acids is 2. The highest BCUT2D eigenvalue weighted by Crippen LogP contribution is 2.23. The third kappa shape index (κ3) is 5.84. The van der Waals surface area contributed by atoms with Gasteiger partial charge in [0.05, 0.1) is 6.54 Å². The highest BCUT2D eigenvalue weighted by molar-refractivity contribution is 5.86. The van der Waals surface area contributed by atoms with E-state index in [1.54, 1.807) is 25.2 Å². The quantitative estimate of drug-likeness (QED) is 0.782. The Morgan fingerprint density at radius 2 is 1.93 bits per heavy atom. The number of likely N-dealkylation sites (N-methyl/N-ethyl adjacent to an activating group) is 1. The van der Waals surface area contributed by atoms with Crippen molar-refractivity contribution in [2.45, 2.75) is 39.7 Å². The number of aryl methyl sites for hydroxylation is 1. The molecule has 1 aromatic carbocycles. The normalized spacial score (nSPS) is 11.3. The molecule has 1 N–H and O–H groups in total. The maximum absolute atomic E-state index is 12.2. The zero-order valence-corrected chi connectivity index (χ0v) is 16.4. The molecule has 146 valence electrons. The van der Waals surface area contributed by atoms with Crippen molar-refractivity contribution in [3.8, 4) is 5.75 Å². The maximum Gasteiger partial charge on any atom is 0.336 e. The number of hydrogen-bond acceptors (Lipinski definition) is 5. The Balaban J connectivity index is 2.00. The fourth-order valence-electron chi connectivity index (χ4n) is 2.61. The van der Waals surface area contributed by atoms with Gasteiger partial charge in [0.15, 0.2) is 6.61 Å². The summed E-state index contributed by atoms with van der Waals surface area (Å²) >= 11 is 0. The Bertz CT molecular complexity index is 895. The van der Waals surface area contributed by atoms with E-state index in [2.05, 4.69) is 5.32 Å². The lowest BCUT2D eigenvalue weighted by Crippen LogP contribution is -2.47. The van der Waals surface area contributed by atoms with E-state index in [0.29, 0.717) is 17.8 Å². The van der Waals surface area contributed by atoms with E-state index in [9.17, 15) is 14.4 Å². The second-order valence-electron chi connectivity index (χ2n) is 7.44. The SMILES string of the molecule is CCc1cc(=O)oc2cc(OCC(=O)N(C)CC(=O)NC(C)(C)C)ccc12. The van der Waals surface area contributed by atoms with E-state index >= 15 is 0 Å². The zero-order chi connectivity index (χ0) is 20.2. The topological polar surface area (TPSA) is 88.8 Å². The molecule has 0 aliphatic rings. The van der Waals surface area contributed by atoms with Gasteiger partial charge < -0.3 is 19.4 Å². The molecule has 0 fully saturated rings. The molecule has 0 atom stereocenters. The molecule has 0 saturated heterocycles. The van der Waals surface area contributed by atoms with Crippen LogP contribution in [0.15, 0.2) is 33.5 Å². The maximum atomic E-state index is 12.2. The highest BCUT2D eigenvalue weighted by Gasteiger charge is 2.18. The summed E-state index contributed by atoms with van der Waals surface area (Å²) in [5, 5.41) is 3.64. The minimum Gasteiger partial charge on any atom is -0.484 e. The second kappa shape index (κ2) is 8.24. The van der Waals surface area contributed by atoms with E-state index in [4.69, 9.17) is 9.15 Å². The molecule has 0 aliphatic carbocycles. The third-order valence-electron chi connectivity index (χ3n) is 3.87. The van der Waals surface area contributed by atoms with Crippen LogP contribution >= 0.6 is 0 Å². The Labute approximate surface area is 158 Å². The summed E-state index contributed by atoms with van der Waals surface area (Å²) in [7, 11) is 1.54. The largest absolute Gasteiger partial charge is 0.484 e. The van der Waals surface area contributed by atoms with Crippen LogP contribution in [-0.2, 0) is 16.0 Å². The standard InChI is InChI=1S/C20H26N2O5/c1-6-13-9-19(25)27-16-10-14(7-8-15(13)16)26-12-18(24)22(5)11-17(23)21-20(2,3)4/h7-10H,6,11-12H2,1-5H3,(H,21,23). The molecule has 2 aromatic rings. The summed E-state index contributed by atoms with van der Waals surface area (Å²) in [4.78, 5) is 37.0. The van der Waals surface area contributed by atoms with Gasteiger partial charge in [-0.15, -0.1) is 0 Å². The van der Waals surface area contributed by atoms with Crippen LogP contribution in [0.5, 0.6) is 5.75 Å². The summed E-state index contributed by atoms with van der Waals surface area (Å²) in [5.41, 5.74) is 0.539. The van der Waals surface area contributed by atoms with Crippen molar-refractivity contribution in [2.75, 3.05) is 20.2 Å². The average molecular weight is 374 g/mol. The van der Waals surface area contributed by atoms with Gasteiger partial charge in [-0.2, -0.15) is 0 Å². The van der Waals surface area contributed by atoms with Crippen molar-refractivity contribution < 1.29 is 18.7 Å². The molecule has 0 spiro atoms. The Hall–Kier alpha value is -2.83. The van der Waals surface area contributed by atoms with Crippen molar-refractivity contribution in [3.63, 3.8) is 0 Å². The van der Waals surface area contributed by atoms with Gasteiger partial charge in [0.25, 0.3) is 5.91 Å². The summed E-state index contributed by atoms with van der Waals surface area (Å²) in [6, 6.07) is 6.60. The third-order valence-corrected chi connectivity index (χ3v) is 3.87. The molecule has 7 nitrogen and oxygen atoms in total. The van der Waals surface area contributed by atoms with Gasteiger partial charge in [-0.3, -0.25) is 9.59 Å². The number of nitrogens with one attached hydrogen (secondary N) is 1. The molecule has 1 heterocycles. The fraction of sp³-hybridized carbons (Fsp3) is 0.450. The molecule has 27 heavy (non-hydrogen) atoms.